The van der Waals surface area contributed by atoms with Gasteiger partial charge in [-0.1, -0.05) is 0 Å². The lowest BCUT2D eigenvalue weighted by Gasteiger charge is -2.28. The van der Waals surface area contributed by atoms with Gasteiger partial charge in [-0.3, -0.25) is 0 Å². The van der Waals surface area contributed by atoms with E-state index in [4.69, 9.17) is 0 Å². The molecule has 0 unspecified atom stereocenters. The average molecular weight is 332 g/mol. The van der Waals surface area contributed by atoms with E-state index in [1.54, 1.807) is 6.33 Å². The summed E-state index contributed by atoms with van der Waals surface area (Å²) in [6, 6.07) is 0.217. The van der Waals surface area contributed by atoms with E-state index in [9.17, 15) is 5.11 Å². The Kier molecular flexibility index (Phi) is 5.63. The summed E-state index contributed by atoms with van der Waals surface area (Å²) in [6.45, 7) is 7.92. The van der Waals surface area contributed by atoms with E-state index in [-0.39, 0.29) is 12.1 Å². The summed E-state index contributed by atoms with van der Waals surface area (Å²) >= 11 is 0. The lowest BCUT2D eigenvalue weighted by atomic mass is 9.97. The van der Waals surface area contributed by atoms with Crippen LogP contribution in [-0.4, -0.2) is 56.4 Å². The third-order valence-corrected chi connectivity index (χ3v) is 4.91. The van der Waals surface area contributed by atoms with Crippen LogP contribution in [-0.2, 0) is 6.54 Å². The van der Waals surface area contributed by atoms with Crippen LogP contribution in [0.15, 0.2) is 12.7 Å². The summed E-state index contributed by atoms with van der Waals surface area (Å²) in [5.41, 5.74) is 1.76. The van der Waals surface area contributed by atoms with Gasteiger partial charge in [0, 0.05) is 25.7 Å². The molecule has 0 amide bonds. The van der Waals surface area contributed by atoms with E-state index in [2.05, 4.69) is 43.6 Å². The van der Waals surface area contributed by atoms with Crippen molar-refractivity contribution in [1.29, 1.82) is 0 Å². The van der Waals surface area contributed by atoms with Crippen LogP contribution in [0.2, 0.25) is 0 Å². The molecule has 2 aromatic rings. The molecule has 2 atom stereocenters. The van der Waals surface area contributed by atoms with Crippen molar-refractivity contribution >= 4 is 17.0 Å². The van der Waals surface area contributed by atoms with Crippen molar-refractivity contribution in [3.8, 4) is 0 Å². The highest BCUT2D eigenvalue weighted by molar-refractivity contribution is 5.83. The van der Waals surface area contributed by atoms with Gasteiger partial charge in [0.15, 0.2) is 17.0 Å². The van der Waals surface area contributed by atoms with Gasteiger partial charge < -0.3 is 19.9 Å². The van der Waals surface area contributed by atoms with E-state index in [1.807, 2.05) is 6.33 Å². The van der Waals surface area contributed by atoms with Crippen molar-refractivity contribution in [3.05, 3.63) is 12.7 Å². The van der Waals surface area contributed by atoms with Gasteiger partial charge in [0.1, 0.15) is 6.33 Å². The van der Waals surface area contributed by atoms with E-state index >= 15 is 0 Å². The number of hydrogen-bond acceptors (Lipinski definition) is 6. The van der Waals surface area contributed by atoms with Crippen LogP contribution in [0.5, 0.6) is 0 Å². The van der Waals surface area contributed by atoms with Gasteiger partial charge in [-0.05, 0) is 46.1 Å². The van der Waals surface area contributed by atoms with Crippen molar-refractivity contribution < 1.29 is 5.11 Å². The van der Waals surface area contributed by atoms with Gasteiger partial charge in [0.05, 0.1) is 12.4 Å². The smallest absolute Gasteiger partial charge is 0.165 e. The van der Waals surface area contributed by atoms with Gasteiger partial charge in [-0.25, -0.2) is 15.0 Å². The molecule has 24 heavy (non-hydrogen) atoms. The number of aliphatic hydroxyl groups is 1. The summed E-state index contributed by atoms with van der Waals surface area (Å²) in [5, 5.41) is 13.5. The molecule has 2 N–H and O–H groups in total. The Morgan fingerprint density at radius 1 is 1.29 bits per heavy atom. The molecule has 1 fully saturated rings. The Labute approximate surface area is 143 Å². The fourth-order valence-corrected chi connectivity index (χ4v) is 3.50. The molecule has 1 saturated heterocycles. The normalized spacial score (nSPS) is 21.3. The number of nitrogens with one attached hydrogen (secondary N) is 1. The minimum atomic E-state index is -0.213. The third kappa shape index (κ3) is 3.52. The van der Waals surface area contributed by atoms with Crippen molar-refractivity contribution in [1.82, 2.24) is 24.8 Å². The molecule has 3 heterocycles. The van der Waals surface area contributed by atoms with Crippen LogP contribution in [0.25, 0.3) is 11.2 Å². The lowest BCUT2D eigenvalue weighted by Crippen LogP contribution is -2.44. The molecule has 3 rings (SSSR count). The van der Waals surface area contributed by atoms with Gasteiger partial charge in [-0.2, -0.15) is 0 Å². The Hall–Kier alpha value is -1.73. The maximum atomic E-state index is 10.0. The topological polar surface area (TPSA) is 79.1 Å². The molecule has 0 aliphatic carbocycles. The molecule has 132 valence electrons. The van der Waals surface area contributed by atoms with Crippen LogP contribution in [0, 0.1) is 0 Å². The largest absolute Gasteiger partial charge is 0.392 e. The van der Waals surface area contributed by atoms with E-state index in [0.29, 0.717) is 0 Å². The number of aryl methyl sites for hydroxylation is 1. The number of piperidine rings is 1. The summed E-state index contributed by atoms with van der Waals surface area (Å²) in [7, 11) is 0. The fraction of sp³-hybridized carbons (Fsp3) is 0.706. The number of imidazole rings is 1. The minimum absolute atomic E-state index is 0.213. The molecule has 1 aliphatic heterocycles. The second-order valence-electron chi connectivity index (χ2n) is 6.39. The van der Waals surface area contributed by atoms with Crippen LogP contribution in [0.1, 0.15) is 39.5 Å². The summed E-state index contributed by atoms with van der Waals surface area (Å²) in [4.78, 5) is 15.6. The second kappa shape index (κ2) is 7.90. The first-order valence-electron chi connectivity index (χ1n) is 9.06. The monoisotopic (exact) mass is 332 g/mol. The molecule has 2 aromatic heterocycles. The van der Waals surface area contributed by atoms with Crippen molar-refractivity contribution in [3.63, 3.8) is 0 Å². The van der Waals surface area contributed by atoms with Crippen molar-refractivity contribution in [2.45, 2.75) is 58.2 Å². The fourth-order valence-electron chi connectivity index (χ4n) is 3.50. The summed E-state index contributed by atoms with van der Waals surface area (Å²) in [6.07, 6.45) is 7.20. The van der Waals surface area contributed by atoms with Crippen LogP contribution < -0.4 is 10.2 Å². The lowest BCUT2D eigenvalue weighted by molar-refractivity contribution is 0.0909. The van der Waals surface area contributed by atoms with Gasteiger partial charge in [-0.15, -0.1) is 0 Å². The van der Waals surface area contributed by atoms with Gasteiger partial charge in [0.25, 0.3) is 0 Å². The standard InChI is InChI=1S/C17H28N6O/c1-3-22(4-2)16-15-17(20-11-19-16)23(12-21-15)10-6-7-13-14(24)8-5-9-18-13/h11-14,18,24H,3-10H2,1-2H3/t13-,14+/m1/s1. The molecule has 7 nitrogen and oxygen atoms in total. The molecule has 0 aromatic carbocycles. The van der Waals surface area contributed by atoms with E-state index < -0.39 is 0 Å². The highest BCUT2D eigenvalue weighted by Crippen LogP contribution is 2.22. The molecule has 0 bridgehead atoms. The maximum absolute atomic E-state index is 10.0. The van der Waals surface area contributed by atoms with E-state index in [0.717, 1.165) is 68.8 Å². The highest BCUT2D eigenvalue weighted by Gasteiger charge is 2.22. The predicted octanol–water partition coefficient (Wildman–Crippen LogP) is 1.57. The molecule has 0 spiro atoms. The predicted molar refractivity (Wildman–Crippen MR) is 95.1 cm³/mol. The Morgan fingerprint density at radius 2 is 2.12 bits per heavy atom. The summed E-state index contributed by atoms with van der Waals surface area (Å²) in [5.74, 6) is 0.910. The number of aliphatic hydroxyl groups excluding tert-OH is 1. The number of aromatic nitrogens is 4. The number of rotatable bonds is 7. The zero-order chi connectivity index (χ0) is 16.9. The Morgan fingerprint density at radius 3 is 2.88 bits per heavy atom. The highest BCUT2D eigenvalue weighted by atomic mass is 16.3. The Bertz CT molecular complexity index is 654. The zero-order valence-electron chi connectivity index (χ0n) is 14.6. The molecular weight excluding hydrogens is 304 g/mol. The zero-order valence-corrected chi connectivity index (χ0v) is 14.6. The van der Waals surface area contributed by atoms with Crippen LogP contribution in [0.4, 0.5) is 5.82 Å². The van der Waals surface area contributed by atoms with Crippen LogP contribution in [0.3, 0.4) is 0 Å². The van der Waals surface area contributed by atoms with Crippen molar-refractivity contribution in [2.24, 2.45) is 0 Å². The first-order valence-corrected chi connectivity index (χ1v) is 9.06. The summed E-state index contributed by atoms with van der Waals surface area (Å²) < 4.78 is 2.10. The molecule has 0 saturated carbocycles. The quantitative estimate of drug-likeness (QED) is 0.801. The average Bonchev–Trinajstić information content (AvgIpc) is 3.02. The van der Waals surface area contributed by atoms with E-state index in [1.165, 1.54) is 0 Å². The second-order valence-corrected chi connectivity index (χ2v) is 6.39. The molecule has 0 radical (unpaired) electrons. The SMILES string of the molecule is CCN(CC)c1ncnc2c1ncn2CCC[C@H]1NCCC[C@@H]1O. The number of fused-ring (bicyclic) bond motifs is 1. The molecule has 1 aliphatic rings. The van der Waals surface area contributed by atoms with Gasteiger partial charge >= 0.3 is 0 Å². The first-order chi connectivity index (χ1) is 11.7. The number of nitrogens with zero attached hydrogens (tertiary/aromatic N) is 5. The third-order valence-electron chi connectivity index (χ3n) is 4.91. The first kappa shape index (κ1) is 17.1. The number of hydrogen-bond donors (Lipinski definition) is 2. The maximum Gasteiger partial charge on any atom is 0.165 e. The van der Waals surface area contributed by atoms with Crippen molar-refractivity contribution in [2.75, 3.05) is 24.5 Å². The van der Waals surface area contributed by atoms with Crippen LogP contribution >= 0.6 is 0 Å². The minimum Gasteiger partial charge on any atom is -0.392 e. The Balaban J connectivity index is 1.68. The molecule has 7 heteroatoms. The molecular formula is C17H28N6O. The van der Waals surface area contributed by atoms with Gasteiger partial charge in [0.2, 0.25) is 0 Å². The number of anilines is 1.